The van der Waals surface area contributed by atoms with E-state index < -0.39 is 0 Å². The van der Waals surface area contributed by atoms with E-state index in [-0.39, 0.29) is 11.9 Å². The molecule has 140 valence electrons. The van der Waals surface area contributed by atoms with Crippen LogP contribution in [0, 0.1) is 0 Å². The van der Waals surface area contributed by atoms with Crippen molar-refractivity contribution in [1.29, 1.82) is 0 Å². The Hall–Kier alpha value is -3.15. The van der Waals surface area contributed by atoms with Crippen LogP contribution in [0.5, 0.6) is 5.75 Å². The summed E-state index contributed by atoms with van der Waals surface area (Å²) in [5.74, 6) is 1.54. The lowest BCUT2D eigenvalue weighted by atomic mass is 10.1. The van der Waals surface area contributed by atoms with E-state index >= 15 is 0 Å². The third kappa shape index (κ3) is 4.73. The normalized spacial score (nSPS) is 10.8. The predicted molar refractivity (Wildman–Crippen MR) is 103 cm³/mol. The lowest BCUT2D eigenvalue weighted by Crippen LogP contribution is -2.36. The first-order chi connectivity index (χ1) is 13.0. The average molecular weight is 364 g/mol. The van der Waals surface area contributed by atoms with E-state index in [9.17, 15) is 4.79 Å². The summed E-state index contributed by atoms with van der Waals surface area (Å²) < 4.78 is 7.67. The number of carbonyl (C=O) groups excluding carboxylic acids is 1. The van der Waals surface area contributed by atoms with Crippen molar-refractivity contribution in [2.75, 3.05) is 0 Å². The van der Waals surface area contributed by atoms with Crippen LogP contribution >= 0.6 is 0 Å². The standard InChI is InChI=1S/C21H24N4O2/c1-16(2)25(14-17-5-4-10-22-13-17)21(26)18-6-8-19(9-7-18)27-15-20-23-11-12-24(20)3/h4-13,16H,14-15H2,1-3H3. The number of aromatic nitrogens is 3. The van der Waals surface area contributed by atoms with Crippen molar-refractivity contribution in [2.24, 2.45) is 7.05 Å². The molecule has 3 aromatic rings. The molecular formula is C21H24N4O2. The molecule has 1 aromatic carbocycles. The maximum absolute atomic E-state index is 12.9. The minimum absolute atomic E-state index is 0.00972. The van der Waals surface area contributed by atoms with Gasteiger partial charge in [0.25, 0.3) is 5.91 Å². The molecule has 0 saturated heterocycles. The summed E-state index contributed by atoms with van der Waals surface area (Å²) in [5.41, 5.74) is 1.64. The average Bonchev–Trinajstić information content (AvgIpc) is 3.10. The SMILES string of the molecule is CC(C)N(Cc1cccnc1)C(=O)c1ccc(OCc2nccn2C)cc1. The molecule has 27 heavy (non-hydrogen) atoms. The van der Waals surface area contributed by atoms with E-state index in [4.69, 9.17) is 4.74 Å². The Kier molecular flexibility index (Phi) is 5.86. The molecule has 0 bridgehead atoms. The molecule has 2 aromatic heterocycles. The molecule has 2 heterocycles. The zero-order valence-corrected chi connectivity index (χ0v) is 15.9. The van der Waals surface area contributed by atoms with Crippen molar-refractivity contribution < 1.29 is 9.53 Å². The van der Waals surface area contributed by atoms with Gasteiger partial charge >= 0.3 is 0 Å². The van der Waals surface area contributed by atoms with Crippen LogP contribution < -0.4 is 4.74 Å². The highest BCUT2D eigenvalue weighted by molar-refractivity contribution is 5.94. The molecule has 6 heteroatoms. The number of ether oxygens (including phenoxy) is 1. The molecule has 0 N–H and O–H groups in total. The zero-order chi connectivity index (χ0) is 19.2. The van der Waals surface area contributed by atoms with E-state index in [0.29, 0.717) is 24.5 Å². The minimum Gasteiger partial charge on any atom is -0.486 e. The van der Waals surface area contributed by atoms with E-state index in [0.717, 1.165) is 11.4 Å². The fourth-order valence-corrected chi connectivity index (χ4v) is 2.72. The van der Waals surface area contributed by atoms with Gasteiger partial charge in [-0.3, -0.25) is 9.78 Å². The summed E-state index contributed by atoms with van der Waals surface area (Å²) in [6.07, 6.45) is 7.14. The number of amides is 1. The molecule has 1 amide bonds. The van der Waals surface area contributed by atoms with Crippen LogP contribution in [-0.2, 0) is 20.2 Å². The fourth-order valence-electron chi connectivity index (χ4n) is 2.72. The highest BCUT2D eigenvalue weighted by atomic mass is 16.5. The van der Waals surface area contributed by atoms with Gasteiger partial charge in [0.2, 0.25) is 0 Å². The van der Waals surface area contributed by atoms with Gasteiger partial charge < -0.3 is 14.2 Å². The van der Waals surface area contributed by atoms with Gasteiger partial charge in [0.05, 0.1) is 0 Å². The quantitative estimate of drug-likeness (QED) is 0.644. The fraction of sp³-hybridized carbons (Fsp3) is 0.286. The summed E-state index contributed by atoms with van der Waals surface area (Å²) >= 11 is 0. The highest BCUT2D eigenvalue weighted by Crippen LogP contribution is 2.17. The van der Waals surface area contributed by atoms with Gasteiger partial charge in [0.15, 0.2) is 0 Å². The number of carbonyl (C=O) groups is 1. The number of aryl methyl sites for hydroxylation is 1. The number of hydrogen-bond donors (Lipinski definition) is 0. The first kappa shape index (κ1) is 18.6. The Balaban J connectivity index is 1.67. The molecule has 3 rings (SSSR count). The Bertz CT molecular complexity index is 873. The molecule has 0 aliphatic rings. The molecule has 6 nitrogen and oxygen atoms in total. The lowest BCUT2D eigenvalue weighted by Gasteiger charge is -2.27. The summed E-state index contributed by atoms with van der Waals surface area (Å²) in [4.78, 5) is 23.1. The largest absolute Gasteiger partial charge is 0.486 e. The number of imidazole rings is 1. The van der Waals surface area contributed by atoms with Gasteiger partial charge in [-0.2, -0.15) is 0 Å². The number of pyridine rings is 1. The van der Waals surface area contributed by atoms with Crippen LogP contribution in [0.2, 0.25) is 0 Å². The molecule has 0 aliphatic carbocycles. The van der Waals surface area contributed by atoms with Crippen LogP contribution in [0.3, 0.4) is 0 Å². The topological polar surface area (TPSA) is 60.3 Å². The van der Waals surface area contributed by atoms with Crippen molar-refractivity contribution >= 4 is 5.91 Å². The third-order valence-corrected chi connectivity index (χ3v) is 4.35. The third-order valence-electron chi connectivity index (χ3n) is 4.35. The number of rotatable bonds is 7. The minimum atomic E-state index is -0.00972. The molecule has 0 saturated carbocycles. The molecule has 0 spiro atoms. The first-order valence-electron chi connectivity index (χ1n) is 8.93. The van der Waals surface area contributed by atoms with Gasteiger partial charge in [-0.1, -0.05) is 6.07 Å². The van der Waals surface area contributed by atoms with Crippen molar-refractivity contribution in [3.05, 3.63) is 78.1 Å². The summed E-state index contributed by atoms with van der Waals surface area (Å²) in [6, 6.07) is 11.2. The van der Waals surface area contributed by atoms with Gasteiger partial charge in [-0.15, -0.1) is 0 Å². The van der Waals surface area contributed by atoms with Gasteiger partial charge in [0, 0.05) is 50.0 Å². The maximum Gasteiger partial charge on any atom is 0.254 e. The van der Waals surface area contributed by atoms with E-state index in [2.05, 4.69) is 9.97 Å². The molecule has 0 fully saturated rings. The molecule has 0 unspecified atom stereocenters. The summed E-state index contributed by atoms with van der Waals surface area (Å²) in [7, 11) is 1.93. The van der Waals surface area contributed by atoms with Crippen LogP contribution in [0.4, 0.5) is 0 Å². The zero-order valence-electron chi connectivity index (χ0n) is 15.9. The highest BCUT2D eigenvalue weighted by Gasteiger charge is 2.19. The van der Waals surface area contributed by atoms with Crippen LogP contribution in [-0.4, -0.2) is 31.4 Å². The first-order valence-corrected chi connectivity index (χ1v) is 8.93. The predicted octanol–water partition coefficient (Wildman–Crippen LogP) is 3.44. The van der Waals surface area contributed by atoms with Crippen molar-refractivity contribution in [1.82, 2.24) is 19.4 Å². The maximum atomic E-state index is 12.9. The molecule has 0 radical (unpaired) electrons. The van der Waals surface area contributed by atoms with Crippen molar-refractivity contribution in [3.8, 4) is 5.75 Å². The summed E-state index contributed by atoms with van der Waals surface area (Å²) in [6.45, 7) is 4.94. The Morgan fingerprint density at radius 1 is 1.19 bits per heavy atom. The number of nitrogens with zero attached hydrogens (tertiary/aromatic N) is 4. The van der Waals surface area contributed by atoms with Gasteiger partial charge in [0.1, 0.15) is 18.2 Å². The van der Waals surface area contributed by atoms with Crippen molar-refractivity contribution in [2.45, 2.75) is 33.0 Å². The monoisotopic (exact) mass is 364 g/mol. The second-order valence-corrected chi connectivity index (χ2v) is 6.66. The van der Waals surface area contributed by atoms with E-state index in [1.54, 1.807) is 30.7 Å². The van der Waals surface area contributed by atoms with Crippen molar-refractivity contribution in [3.63, 3.8) is 0 Å². The summed E-state index contributed by atoms with van der Waals surface area (Å²) in [5, 5.41) is 0. The molecule has 0 atom stereocenters. The Morgan fingerprint density at radius 3 is 2.56 bits per heavy atom. The lowest BCUT2D eigenvalue weighted by molar-refractivity contribution is 0.0690. The number of benzene rings is 1. The van der Waals surface area contributed by atoms with E-state index in [1.807, 2.05) is 60.8 Å². The second-order valence-electron chi connectivity index (χ2n) is 6.66. The van der Waals surface area contributed by atoms with Crippen LogP contribution in [0.25, 0.3) is 0 Å². The number of hydrogen-bond acceptors (Lipinski definition) is 4. The van der Waals surface area contributed by atoms with Crippen LogP contribution in [0.15, 0.2) is 61.2 Å². The van der Waals surface area contributed by atoms with Gasteiger partial charge in [-0.25, -0.2) is 4.98 Å². The van der Waals surface area contributed by atoms with E-state index in [1.165, 1.54) is 0 Å². The van der Waals surface area contributed by atoms with Gasteiger partial charge in [-0.05, 0) is 49.7 Å². The molecular weight excluding hydrogens is 340 g/mol. The Morgan fingerprint density at radius 2 is 1.96 bits per heavy atom. The van der Waals surface area contributed by atoms with Crippen LogP contribution in [0.1, 0.15) is 35.6 Å². The Labute approximate surface area is 159 Å². The smallest absolute Gasteiger partial charge is 0.254 e. The second kappa shape index (κ2) is 8.49. The molecule has 0 aliphatic heterocycles.